The lowest BCUT2D eigenvalue weighted by atomic mass is 9.75. The maximum Gasteiger partial charge on any atom is 0.308 e. The number of amides is 1. The van der Waals surface area contributed by atoms with Crippen LogP contribution in [0.15, 0.2) is 76.8 Å². The molecule has 1 N–H and O–H groups in total. The lowest BCUT2D eigenvalue weighted by Crippen LogP contribution is -2.34. The van der Waals surface area contributed by atoms with Crippen LogP contribution in [0.25, 0.3) is 10.8 Å². The second-order valence-electron chi connectivity index (χ2n) is 9.99. The summed E-state index contributed by atoms with van der Waals surface area (Å²) in [4.78, 5) is 31.8. The predicted molar refractivity (Wildman–Crippen MR) is 141 cm³/mol. The maximum atomic E-state index is 13.2. The highest BCUT2D eigenvalue weighted by Crippen LogP contribution is 2.63. The van der Waals surface area contributed by atoms with Crippen LogP contribution >= 0.6 is 23.1 Å². The molecule has 176 valence electrons. The zero-order chi connectivity index (χ0) is 23.5. The molecular formula is C28H25N3O2S2. The number of hydrogen-bond acceptors (Lipinski definition) is 5. The Labute approximate surface area is 211 Å². The highest BCUT2D eigenvalue weighted by molar-refractivity contribution is 8.00. The molecule has 35 heavy (non-hydrogen) atoms. The van der Waals surface area contributed by atoms with Gasteiger partial charge in [0, 0.05) is 34.1 Å². The van der Waals surface area contributed by atoms with Crippen LogP contribution in [-0.4, -0.2) is 20.7 Å². The van der Waals surface area contributed by atoms with Gasteiger partial charge in [0.05, 0.1) is 5.03 Å². The molecule has 5 unspecified atom stereocenters. The third kappa shape index (κ3) is 3.55. The van der Waals surface area contributed by atoms with Gasteiger partial charge in [-0.3, -0.25) is 19.1 Å². The second kappa shape index (κ2) is 8.35. The molecule has 0 radical (unpaired) electrons. The summed E-state index contributed by atoms with van der Waals surface area (Å²) in [6.45, 7) is 0.0374. The number of nitrogens with one attached hydrogen (secondary N) is 1. The molecule has 5 nitrogen and oxygen atoms in total. The Morgan fingerprint density at radius 1 is 1.06 bits per heavy atom. The van der Waals surface area contributed by atoms with Gasteiger partial charge in [-0.2, -0.15) is 0 Å². The number of carbonyl (C=O) groups excluding carboxylic acids is 1. The van der Waals surface area contributed by atoms with E-state index in [1.165, 1.54) is 36.2 Å². The first-order valence-corrected chi connectivity index (χ1v) is 13.9. The van der Waals surface area contributed by atoms with Crippen LogP contribution in [0.4, 0.5) is 5.69 Å². The van der Waals surface area contributed by atoms with Crippen molar-refractivity contribution in [3.05, 3.63) is 87.1 Å². The summed E-state index contributed by atoms with van der Waals surface area (Å²) in [7, 11) is 0. The number of fused-ring (bicyclic) bond motifs is 7. The molecular weight excluding hydrogens is 474 g/mol. The van der Waals surface area contributed by atoms with Crippen molar-refractivity contribution in [2.24, 2.45) is 17.8 Å². The molecule has 1 amide bonds. The minimum atomic E-state index is -0.170. The van der Waals surface area contributed by atoms with E-state index in [4.69, 9.17) is 0 Å². The minimum absolute atomic E-state index is 0.0374. The summed E-state index contributed by atoms with van der Waals surface area (Å²) >= 11 is 3.18. The number of carbonyl (C=O) groups is 1. The van der Waals surface area contributed by atoms with E-state index in [-0.39, 0.29) is 23.2 Å². The van der Waals surface area contributed by atoms with Crippen molar-refractivity contribution in [3.63, 3.8) is 0 Å². The number of anilines is 1. The van der Waals surface area contributed by atoms with Crippen molar-refractivity contribution < 1.29 is 4.79 Å². The second-order valence-corrected chi connectivity index (χ2v) is 12.2. The van der Waals surface area contributed by atoms with E-state index < -0.39 is 0 Å². The summed E-state index contributed by atoms with van der Waals surface area (Å²) in [5.74, 6) is 2.00. The Morgan fingerprint density at radius 3 is 2.77 bits per heavy atom. The largest absolute Gasteiger partial charge is 0.325 e. The monoisotopic (exact) mass is 499 g/mol. The number of rotatable bonds is 4. The van der Waals surface area contributed by atoms with E-state index in [1.54, 1.807) is 4.57 Å². The maximum absolute atomic E-state index is 13.2. The Hall–Kier alpha value is -2.90. The summed E-state index contributed by atoms with van der Waals surface area (Å²) in [6, 6.07) is 18.1. The fourth-order valence-electron chi connectivity index (χ4n) is 6.63. The smallest absolute Gasteiger partial charge is 0.308 e. The third-order valence-electron chi connectivity index (χ3n) is 8.07. The molecule has 2 fully saturated rings. The normalized spacial score (nSPS) is 26.5. The van der Waals surface area contributed by atoms with Crippen LogP contribution in [0.5, 0.6) is 0 Å². The van der Waals surface area contributed by atoms with Crippen LogP contribution in [-0.2, 0) is 11.3 Å². The van der Waals surface area contributed by atoms with E-state index in [1.807, 2.05) is 66.6 Å². The molecule has 2 saturated carbocycles. The average molecular weight is 500 g/mol. The summed E-state index contributed by atoms with van der Waals surface area (Å²) in [5, 5.41) is 6.72. The summed E-state index contributed by atoms with van der Waals surface area (Å²) in [5.41, 5.74) is 1.95. The summed E-state index contributed by atoms with van der Waals surface area (Å²) < 4.78 is 1.71. The van der Waals surface area contributed by atoms with Gasteiger partial charge in [-0.1, -0.05) is 47.7 Å². The van der Waals surface area contributed by atoms with Crippen molar-refractivity contribution in [1.82, 2.24) is 9.55 Å². The molecule has 3 aliphatic rings. The highest BCUT2D eigenvalue weighted by Gasteiger charge is 2.55. The molecule has 0 saturated heterocycles. The van der Waals surface area contributed by atoms with Gasteiger partial charge in [-0.25, -0.2) is 0 Å². The fraction of sp³-hybridized carbons (Fsp3) is 0.321. The van der Waals surface area contributed by atoms with Crippen LogP contribution in [0.3, 0.4) is 0 Å². The Balaban J connectivity index is 1.22. The molecule has 7 rings (SSSR count). The highest BCUT2D eigenvalue weighted by atomic mass is 32.2. The molecule has 4 aromatic rings. The summed E-state index contributed by atoms with van der Waals surface area (Å²) in [6.07, 6.45) is 7.65. The standard InChI is InChI=1S/C28H25N3O2S2/c32-22(30-21-10-9-16-4-1-2-5-17(16)13-21)15-31-27-26(35-28(31)33)24(20-6-3-11-29-14-20)23-18-7-8-19(12-18)25(23)34-27/h1-6,9-11,13-14,18-19,23-25H,7-8,12,15H2,(H,30,32). The van der Waals surface area contributed by atoms with Gasteiger partial charge in [-0.05, 0) is 71.6 Å². The molecule has 7 heteroatoms. The van der Waals surface area contributed by atoms with Gasteiger partial charge in [-0.15, -0.1) is 11.8 Å². The van der Waals surface area contributed by atoms with Crippen molar-refractivity contribution in [3.8, 4) is 0 Å². The average Bonchev–Trinajstić information content (AvgIpc) is 3.57. The van der Waals surface area contributed by atoms with E-state index in [0.717, 1.165) is 32.3 Å². The van der Waals surface area contributed by atoms with E-state index in [9.17, 15) is 9.59 Å². The van der Waals surface area contributed by atoms with Gasteiger partial charge in [0.15, 0.2) is 0 Å². The van der Waals surface area contributed by atoms with Crippen molar-refractivity contribution in [2.75, 3.05) is 5.32 Å². The zero-order valence-electron chi connectivity index (χ0n) is 19.1. The molecule has 5 atom stereocenters. The fourth-order valence-corrected chi connectivity index (χ4v) is 9.78. The van der Waals surface area contributed by atoms with Gasteiger partial charge in [0.25, 0.3) is 0 Å². The number of aromatic nitrogens is 2. The molecule has 1 aliphatic heterocycles. The first kappa shape index (κ1) is 21.4. The minimum Gasteiger partial charge on any atom is -0.325 e. The number of hydrogen-bond donors (Lipinski definition) is 1. The molecule has 3 heterocycles. The number of pyridine rings is 1. The number of thiazole rings is 1. The Kier molecular flexibility index (Phi) is 5.10. The Bertz CT molecular complexity index is 1500. The van der Waals surface area contributed by atoms with E-state index >= 15 is 0 Å². The molecule has 2 aliphatic carbocycles. The molecule has 2 bridgehead atoms. The van der Waals surface area contributed by atoms with Gasteiger partial charge in [0.2, 0.25) is 5.91 Å². The van der Waals surface area contributed by atoms with Gasteiger partial charge in [0.1, 0.15) is 6.54 Å². The predicted octanol–water partition coefficient (Wildman–Crippen LogP) is 5.75. The Morgan fingerprint density at radius 2 is 1.91 bits per heavy atom. The SMILES string of the molecule is O=C(Cn1c2c(sc1=O)C(c1cccnc1)C1C3CCC(C3)C1S2)Nc1ccc2ccccc2c1. The van der Waals surface area contributed by atoms with Crippen molar-refractivity contribution in [2.45, 2.75) is 42.0 Å². The number of benzene rings is 2. The molecule has 0 spiro atoms. The first-order chi connectivity index (χ1) is 17.2. The molecule has 2 aromatic heterocycles. The topological polar surface area (TPSA) is 64.0 Å². The number of thioether (sulfide) groups is 1. The molecule has 2 aromatic carbocycles. The third-order valence-corrected chi connectivity index (χ3v) is 10.9. The lowest BCUT2D eigenvalue weighted by Gasteiger charge is -2.40. The van der Waals surface area contributed by atoms with Crippen LogP contribution in [0, 0.1) is 17.8 Å². The van der Waals surface area contributed by atoms with Crippen LogP contribution < -0.4 is 10.2 Å². The quantitative estimate of drug-likeness (QED) is 0.388. The zero-order valence-corrected chi connectivity index (χ0v) is 20.7. The lowest BCUT2D eigenvalue weighted by molar-refractivity contribution is -0.116. The van der Waals surface area contributed by atoms with Gasteiger partial charge < -0.3 is 5.32 Å². The van der Waals surface area contributed by atoms with Gasteiger partial charge >= 0.3 is 4.87 Å². The van der Waals surface area contributed by atoms with Crippen LogP contribution in [0.2, 0.25) is 0 Å². The van der Waals surface area contributed by atoms with Crippen LogP contribution in [0.1, 0.15) is 35.6 Å². The number of nitrogens with zero attached hydrogens (tertiary/aromatic N) is 2. The van der Waals surface area contributed by atoms with E-state index in [0.29, 0.717) is 17.1 Å². The van der Waals surface area contributed by atoms with Crippen molar-refractivity contribution >= 4 is 45.5 Å². The first-order valence-electron chi connectivity index (χ1n) is 12.2. The van der Waals surface area contributed by atoms with E-state index in [2.05, 4.69) is 22.4 Å². The van der Waals surface area contributed by atoms with Crippen molar-refractivity contribution in [1.29, 1.82) is 0 Å².